The molecule has 0 aliphatic carbocycles. The fraction of sp³-hybridized carbons (Fsp3) is 0.455. The van der Waals surface area contributed by atoms with Crippen LogP contribution in [0.4, 0.5) is 17.6 Å². The zero-order chi connectivity index (χ0) is 14.6. The monoisotopic (exact) mass is 279 g/mol. The van der Waals surface area contributed by atoms with Crippen molar-refractivity contribution in [3.8, 4) is 0 Å². The molecule has 19 heavy (non-hydrogen) atoms. The number of amides is 1. The molecular formula is C11H13F4N3O. The maximum absolute atomic E-state index is 12.7. The number of carbonyl (C=O) groups excluding carboxylic acids is 1. The molecule has 8 heteroatoms. The Balaban J connectivity index is 3.03. The van der Waals surface area contributed by atoms with E-state index in [-0.39, 0.29) is 6.54 Å². The van der Waals surface area contributed by atoms with Gasteiger partial charge in [-0.05, 0) is 13.0 Å². The van der Waals surface area contributed by atoms with Crippen LogP contribution in [0.25, 0.3) is 0 Å². The molecule has 0 aromatic carbocycles. The van der Waals surface area contributed by atoms with Gasteiger partial charge in [0.25, 0.3) is 12.9 Å². The topological polar surface area (TPSA) is 46.9 Å². The molecule has 1 rings (SSSR count). The Morgan fingerprint density at radius 1 is 1.47 bits per heavy atom. The second-order valence-electron chi connectivity index (χ2n) is 3.75. The molecule has 0 radical (unpaired) electrons. The summed E-state index contributed by atoms with van der Waals surface area (Å²) in [6.07, 6.45) is -4.55. The summed E-state index contributed by atoms with van der Waals surface area (Å²) in [5, 5.41) is 5.75. The molecule has 0 saturated heterocycles. The van der Waals surface area contributed by atoms with Crippen LogP contribution in [0.15, 0.2) is 18.7 Å². The minimum absolute atomic E-state index is 0.149. The standard InChI is InChI=1S/C11H13F4N3O/c1-3-4-16-11(19)6(2)18-8(10(14)15)5-7(17-18)9(12)13/h3,5-6,9-10H,1,4H2,2H3,(H,16,19). The molecule has 0 fully saturated rings. The first-order valence-electron chi connectivity index (χ1n) is 5.42. The number of halogens is 4. The predicted octanol–water partition coefficient (Wildman–Crippen LogP) is 2.62. The Hall–Kier alpha value is -1.86. The van der Waals surface area contributed by atoms with Gasteiger partial charge in [-0.1, -0.05) is 6.08 Å². The first kappa shape index (κ1) is 15.2. The molecule has 1 unspecified atom stereocenters. The maximum atomic E-state index is 12.7. The Labute approximate surface area is 107 Å². The number of aromatic nitrogens is 2. The molecule has 1 amide bonds. The van der Waals surface area contributed by atoms with Crippen LogP contribution in [0.5, 0.6) is 0 Å². The number of rotatable bonds is 6. The molecule has 0 bridgehead atoms. The van der Waals surface area contributed by atoms with Gasteiger partial charge in [-0.15, -0.1) is 6.58 Å². The number of carbonyl (C=O) groups is 1. The summed E-state index contributed by atoms with van der Waals surface area (Å²) in [4.78, 5) is 11.6. The van der Waals surface area contributed by atoms with Gasteiger partial charge in [-0.3, -0.25) is 9.48 Å². The van der Waals surface area contributed by atoms with Crippen molar-refractivity contribution in [2.24, 2.45) is 0 Å². The van der Waals surface area contributed by atoms with Gasteiger partial charge < -0.3 is 5.32 Å². The second-order valence-corrected chi connectivity index (χ2v) is 3.75. The quantitative estimate of drug-likeness (QED) is 0.642. The lowest BCUT2D eigenvalue weighted by Gasteiger charge is -2.14. The Morgan fingerprint density at radius 3 is 2.58 bits per heavy atom. The van der Waals surface area contributed by atoms with Crippen LogP contribution in [0.1, 0.15) is 37.2 Å². The Bertz CT molecular complexity index is 459. The molecular weight excluding hydrogens is 266 g/mol. The van der Waals surface area contributed by atoms with Gasteiger partial charge in [0.05, 0.1) is 0 Å². The van der Waals surface area contributed by atoms with Crippen LogP contribution in [0.3, 0.4) is 0 Å². The number of nitrogens with one attached hydrogen (secondary N) is 1. The lowest BCUT2D eigenvalue weighted by molar-refractivity contribution is -0.124. The summed E-state index contributed by atoms with van der Waals surface area (Å²) in [6, 6.07) is -0.511. The SMILES string of the molecule is C=CCNC(=O)C(C)n1nc(C(F)F)cc1C(F)F. The summed E-state index contributed by atoms with van der Waals surface area (Å²) in [6.45, 7) is 4.83. The van der Waals surface area contributed by atoms with Crippen molar-refractivity contribution in [1.29, 1.82) is 0 Å². The predicted molar refractivity (Wildman–Crippen MR) is 60.1 cm³/mol. The summed E-state index contributed by atoms with van der Waals surface area (Å²) in [5.74, 6) is -0.606. The van der Waals surface area contributed by atoms with Gasteiger partial charge in [0.2, 0.25) is 5.91 Å². The van der Waals surface area contributed by atoms with Crippen LogP contribution < -0.4 is 5.32 Å². The molecule has 1 atom stereocenters. The van der Waals surface area contributed by atoms with E-state index in [1.165, 1.54) is 13.0 Å². The van der Waals surface area contributed by atoms with E-state index >= 15 is 0 Å². The number of hydrogen-bond acceptors (Lipinski definition) is 2. The maximum Gasteiger partial charge on any atom is 0.282 e. The molecule has 1 heterocycles. The summed E-state index contributed by atoms with van der Waals surface area (Å²) in [7, 11) is 0. The molecule has 1 aromatic heterocycles. The third-order valence-corrected chi connectivity index (χ3v) is 2.40. The first-order valence-corrected chi connectivity index (χ1v) is 5.42. The minimum Gasteiger partial charge on any atom is -0.351 e. The van der Waals surface area contributed by atoms with Crippen molar-refractivity contribution in [1.82, 2.24) is 15.1 Å². The molecule has 0 aliphatic heterocycles. The summed E-state index contributed by atoms with van der Waals surface area (Å²) >= 11 is 0. The van der Waals surface area contributed by atoms with Crippen LogP contribution in [0, 0.1) is 0 Å². The van der Waals surface area contributed by atoms with Crippen molar-refractivity contribution in [3.05, 3.63) is 30.1 Å². The van der Waals surface area contributed by atoms with Gasteiger partial charge in [-0.25, -0.2) is 17.6 Å². The van der Waals surface area contributed by atoms with Crippen molar-refractivity contribution in [2.75, 3.05) is 6.54 Å². The van der Waals surface area contributed by atoms with E-state index in [4.69, 9.17) is 0 Å². The Kier molecular flexibility index (Phi) is 5.08. The van der Waals surface area contributed by atoms with Crippen molar-refractivity contribution in [2.45, 2.75) is 25.8 Å². The summed E-state index contributed by atoms with van der Waals surface area (Å²) < 4.78 is 51.0. The van der Waals surface area contributed by atoms with Crippen molar-refractivity contribution in [3.63, 3.8) is 0 Å². The first-order chi connectivity index (χ1) is 8.88. The van der Waals surface area contributed by atoms with E-state index in [0.717, 1.165) is 0 Å². The van der Waals surface area contributed by atoms with Crippen LogP contribution >= 0.6 is 0 Å². The fourth-order valence-electron chi connectivity index (χ4n) is 1.44. The second kappa shape index (κ2) is 6.35. The van der Waals surface area contributed by atoms with E-state index in [9.17, 15) is 22.4 Å². The van der Waals surface area contributed by atoms with Gasteiger partial charge in [0.1, 0.15) is 17.4 Å². The molecule has 1 aromatic rings. The van der Waals surface area contributed by atoms with Gasteiger partial charge in [-0.2, -0.15) is 5.10 Å². The Morgan fingerprint density at radius 2 is 2.11 bits per heavy atom. The largest absolute Gasteiger partial charge is 0.351 e. The summed E-state index contributed by atoms with van der Waals surface area (Å²) in [5.41, 5.74) is -1.49. The molecule has 1 N–H and O–H groups in total. The zero-order valence-electron chi connectivity index (χ0n) is 10.1. The molecule has 0 aliphatic rings. The third kappa shape index (κ3) is 3.55. The zero-order valence-corrected chi connectivity index (χ0v) is 10.1. The van der Waals surface area contributed by atoms with Gasteiger partial charge >= 0.3 is 0 Å². The van der Waals surface area contributed by atoms with Crippen LogP contribution in [0.2, 0.25) is 0 Å². The average Bonchev–Trinajstić information content (AvgIpc) is 2.80. The number of alkyl halides is 4. The van der Waals surface area contributed by atoms with Crippen molar-refractivity contribution < 1.29 is 22.4 Å². The lowest BCUT2D eigenvalue weighted by atomic mass is 10.3. The van der Waals surface area contributed by atoms with E-state index in [0.29, 0.717) is 10.7 Å². The van der Waals surface area contributed by atoms with Gasteiger partial charge in [0.15, 0.2) is 0 Å². The number of hydrogen-bond donors (Lipinski definition) is 1. The van der Waals surface area contributed by atoms with Crippen molar-refractivity contribution >= 4 is 5.91 Å². The normalized spacial score (nSPS) is 12.8. The van der Waals surface area contributed by atoms with Crippen LogP contribution in [-0.4, -0.2) is 22.2 Å². The van der Waals surface area contributed by atoms with Gasteiger partial charge in [0, 0.05) is 6.54 Å². The highest BCUT2D eigenvalue weighted by atomic mass is 19.3. The molecule has 0 saturated carbocycles. The van der Waals surface area contributed by atoms with E-state index < -0.39 is 36.2 Å². The lowest BCUT2D eigenvalue weighted by Crippen LogP contribution is -2.32. The highest BCUT2D eigenvalue weighted by Gasteiger charge is 2.26. The third-order valence-electron chi connectivity index (χ3n) is 2.40. The van der Waals surface area contributed by atoms with E-state index in [1.807, 2.05) is 0 Å². The smallest absolute Gasteiger partial charge is 0.282 e. The number of nitrogens with zero attached hydrogens (tertiary/aromatic N) is 2. The fourth-order valence-corrected chi connectivity index (χ4v) is 1.44. The van der Waals surface area contributed by atoms with E-state index in [1.54, 1.807) is 0 Å². The molecule has 106 valence electrons. The van der Waals surface area contributed by atoms with Crippen LogP contribution in [-0.2, 0) is 4.79 Å². The molecule has 0 spiro atoms. The van der Waals surface area contributed by atoms with E-state index in [2.05, 4.69) is 17.0 Å². The molecule has 4 nitrogen and oxygen atoms in total. The average molecular weight is 279 g/mol. The highest BCUT2D eigenvalue weighted by Crippen LogP contribution is 2.27. The minimum atomic E-state index is -2.99. The highest BCUT2D eigenvalue weighted by molar-refractivity contribution is 5.80.